The van der Waals surface area contributed by atoms with Crippen molar-refractivity contribution in [3.63, 3.8) is 0 Å². The van der Waals surface area contributed by atoms with Gasteiger partial charge in [0.15, 0.2) is 0 Å². The molecule has 1 aromatic carbocycles. The minimum atomic E-state index is 1.13. The van der Waals surface area contributed by atoms with Crippen LogP contribution in [0.1, 0.15) is 25.3 Å². The Bertz CT molecular complexity index is 405. The van der Waals surface area contributed by atoms with Crippen molar-refractivity contribution in [2.24, 2.45) is 0 Å². The number of hydrogen-bond donors (Lipinski definition) is 0. The van der Waals surface area contributed by atoms with Crippen LogP contribution in [0.15, 0.2) is 54.1 Å². The molecule has 1 radical (unpaired) electrons. The van der Waals surface area contributed by atoms with Crippen molar-refractivity contribution in [1.82, 2.24) is 0 Å². The molecule has 0 saturated heterocycles. The Balaban J connectivity index is 2.18. The average Bonchev–Trinajstić information content (AvgIpc) is 2.76. The molecule has 0 saturated carbocycles. The fourth-order valence-electron chi connectivity index (χ4n) is 1.62. The van der Waals surface area contributed by atoms with E-state index in [4.69, 9.17) is 0 Å². The van der Waals surface area contributed by atoms with Crippen molar-refractivity contribution in [1.29, 1.82) is 0 Å². The van der Waals surface area contributed by atoms with Crippen LogP contribution in [-0.4, -0.2) is 0 Å². The van der Waals surface area contributed by atoms with Gasteiger partial charge in [-0.25, -0.2) is 0 Å². The molecule has 0 bridgehead atoms. The van der Waals surface area contributed by atoms with Crippen molar-refractivity contribution in [2.75, 3.05) is 0 Å². The summed E-state index contributed by atoms with van der Waals surface area (Å²) in [5, 5.41) is 0. The van der Waals surface area contributed by atoms with Crippen LogP contribution < -0.4 is 0 Å². The van der Waals surface area contributed by atoms with Crippen molar-refractivity contribution >= 4 is 5.57 Å². The van der Waals surface area contributed by atoms with Crippen LogP contribution in [0.5, 0.6) is 0 Å². The summed E-state index contributed by atoms with van der Waals surface area (Å²) in [6, 6.07) is 10.4. The zero-order chi connectivity index (χ0) is 10.5. The van der Waals surface area contributed by atoms with Crippen LogP contribution >= 0.6 is 0 Å². The summed E-state index contributed by atoms with van der Waals surface area (Å²) in [5.41, 5.74) is 3.65. The summed E-state index contributed by atoms with van der Waals surface area (Å²) in [6.45, 7) is 2.19. The van der Waals surface area contributed by atoms with Crippen LogP contribution in [-0.2, 0) is 0 Å². The normalized spacial score (nSPS) is 17.1. The average molecular weight is 195 g/mol. The van der Waals surface area contributed by atoms with E-state index in [-0.39, 0.29) is 0 Å². The maximum Gasteiger partial charge on any atom is -0.00239 e. The number of hydrogen-bond acceptors (Lipinski definition) is 0. The molecule has 2 rings (SSSR count). The van der Waals surface area contributed by atoms with Crippen molar-refractivity contribution in [3.8, 4) is 0 Å². The van der Waals surface area contributed by atoms with Crippen molar-refractivity contribution in [2.45, 2.75) is 19.8 Å². The SMILES string of the molecule is CCCC=C1[C]=C(c2ccccc2)C=C1. The summed E-state index contributed by atoms with van der Waals surface area (Å²) in [6.07, 6.45) is 12.3. The first-order chi connectivity index (χ1) is 7.40. The first-order valence-electron chi connectivity index (χ1n) is 5.48. The number of benzene rings is 1. The second-order valence-corrected chi connectivity index (χ2v) is 3.69. The second kappa shape index (κ2) is 4.79. The molecule has 0 amide bonds. The van der Waals surface area contributed by atoms with Crippen molar-refractivity contribution < 1.29 is 0 Å². The Morgan fingerprint density at radius 1 is 1.13 bits per heavy atom. The Morgan fingerprint density at radius 3 is 2.67 bits per heavy atom. The summed E-state index contributed by atoms with van der Waals surface area (Å²) in [7, 11) is 0. The molecule has 1 aromatic rings. The van der Waals surface area contributed by atoms with Crippen LogP contribution in [0.4, 0.5) is 0 Å². The quantitative estimate of drug-likeness (QED) is 0.679. The van der Waals surface area contributed by atoms with Crippen LogP contribution in [0, 0.1) is 6.08 Å². The minimum Gasteiger partial charge on any atom is -0.0766 e. The van der Waals surface area contributed by atoms with Gasteiger partial charge < -0.3 is 0 Å². The molecule has 15 heavy (non-hydrogen) atoms. The van der Waals surface area contributed by atoms with Gasteiger partial charge in [0.1, 0.15) is 0 Å². The monoisotopic (exact) mass is 195 g/mol. The molecule has 0 heteroatoms. The van der Waals surface area contributed by atoms with Gasteiger partial charge in [-0.1, -0.05) is 61.9 Å². The molecule has 0 nitrogen and oxygen atoms in total. The van der Waals surface area contributed by atoms with Gasteiger partial charge in [0.05, 0.1) is 0 Å². The highest BCUT2D eigenvalue weighted by molar-refractivity contribution is 5.78. The number of allylic oxidation sites excluding steroid dienone is 6. The highest BCUT2D eigenvalue weighted by Crippen LogP contribution is 2.23. The zero-order valence-electron chi connectivity index (χ0n) is 9.03. The molecule has 0 spiro atoms. The Labute approximate surface area is 91.6 Å². The topological polar surface area (TPSA) is 0 Å². The predicted octanol–water partition coefficient (Wildman–Crippen LogP) is 4.17. The summed E-state index contributed by atoms with van der Waals surface area (Å²) < 4.78 is 0. The Morgan fingerprint density at radius 2 is 1.93 bits per heavy atom. The van der Waals surface area contributed by atoms with Crippen molar-refractivity contribution in [3.05, 3.63) is 65.8 Å². The molecule has 0 N–H and O–H groups in total. The molecule has 0 fully saturated rings. The van der Waals surface area contributed by atoms with E-state index in [0.717, 1.165) is 6.42 Å². The third kappa shape index (κ3) is 2.47. The van der Waals surface area contributed by atoms with Crippen LogP contribution in [0.3, 0.4) is 0 Å². The molecule has 0 aromatic heterocycles. The lowest BCUT2D eigenvalue weighted by molar-refractivity contribution is 0.955. The molecule has 0 aliphatic heterocycles. The third-order valence-corrected chi connectivity index (χ3v) is 2.45. The van der Waals surface area contributed by atoms with Gasteiger partial charge >= 0.3 is 0 Å². The maximum absolute atomic E-state index is 3.41. The summed E-state index contributed by atoms with van der Waals surface area (Å²) in [5.74, 6) is 0. The molecule has 75 valence electrons. The predicted molar refractivity (Wildman–Crippen MR) is 65.2 cm³/mol. The van der Waals surface area contributed by atoms with Crippen LogP contribution in [0.2, 0.25) is 0 Å². The van der Waals surface area contributed by atoms with Gasteiger partial charge in [-0.3, -0.25) is 0 Å². The van der Waals surface area contributed by atoms with Gasteiger partial charge in [-0.05, 0) is 29.2 Å². The van der Waals surface area contributed by atoms with Gasteiger partial charge in [-0.15, -0.1) is 0 Å². The van der Waals surface area contributed by atoms with Crippen LogP contribution in [0.25, 0.3) is 5.57 Å². The summed E-state index contributed by atoms with van der Waals surface area (Å²) >= 11 is 0. The van der Waals surface area contributed by atoms with E-state index >= 15 is 0 Å². The maximum atomic E-state index is 3.41. The van der Waals surface area contributed by atoms with E-state index in [2.05, 4.69) is 55.5 Å². The van der Waals surface area contributed by atoms with E-state index in [1.165, 1.54) is 23.1 Å². The fourth-order valence-corrected chi connectivity index (χ4v) is 1.62. The Hall–Kier alpha value is -1.56. The molecular weight excluding hydrogens is 180 g/mol. The van der Waals surface area contributed by atoms with Gasteiger partial charge in [0, 0.05) is 0 Å². The summed E-state index contributed by atoms with van der Waals surface area (Å²) in [4.78, 5) is 0. The van der Waals surface area contributed by atoms with Gasteiger partial charge in [0.25, 0.3) is 0 Å². The minimum absolute atomic E-state index is 1.13. The lowest BCUT2D eigenvalue weighted by Crippen LogP contribution is -1.76. The standard InChI is InChI=1S/C15H15/c1-2-3-7-13-10-11-15(12-13)14-8-5-4-6-9-14/h4-11H,2-3H2,1H3. The van der Waals surface area contributed by atoms with E-state index < -0.39 is 0 Å². The highest BCUT2D eigenvalue weighted by atomic mass is 14.1. The fraction of sp³-hybridized carbons (Fsp3) is 0.200. The lowest BCUT2D eigenvalue weighted by Gasteiger charge is -1.96. The van der Waals surface area contributed by atoms with Gasteiger partial charge in [-0.2, -0.15) is 0 Å². The zero-order valence-corrected chi connectivity index (χ0v) is 9.03. The first-order valence-corrected chi connectivity index (χ1v) is 5.48. The molecule has 1 aliphatic carbocycles. The Kier molecular flexibility index (Phi) is 3.18. The molecular formula is C15H15. The molecule has 0 heterocycles. The van der Waals surface area contributed by atoms with E-state index in [0.29, 0.717) is 0 Å². The third-order valence-electron chi connectivity index (χ3n) is 2.45. The first kappa shape index (κ1) is 9.97. The van der Waals surface area contributed by atoms with E-state index in [9.17, 15) is 0 Å². The molecule has 1 aliphatic rings. The molecule has 0 atom stereocenters. The van der Waals surface area contributed by atoms with E-state index in [1.807, 2.05) is 6.07 Å². The smallest absolute Gasteiger partial charge is 0.00239 e. The lowest BCUT2D eigenvalue weighted by atomic mass is 10.1. The molecule has 0 unspecified atom stereocenters. The number of rotatable bonds is 3. The largest absolute Gasteiger partial charge is 0.0766 e. The number of unbranched alkanes of at least 4 members (excludes halogenated alkanes) is 1. The van der Waals surface area contributed by atoms with Gasteiger partial charge in [0.2, 0.25) is 0 Å². The second-order valence-electron chi connectivity index (χ2n) is 3.69. The highest BCUT2D eigenvalue weighted by Gasteiger charge is 2.04. The van der Waals surface area contributed by atoms with E-state index in [1.54, 1.807) is 0 Å².